The zero-order chi connectivity index (χ0) is 16.4. The van der Waals surface area contributed by atoms with Gasteiger partial charge in [-0.1, -0.05) is 16.8 Å². The predicted octanol–water partition coefficient (Wildman–Crippen LogP) is 2.69. The van der Waals surface area contributed by atoms with Gasteiger partial charge in [-0.3, -0.25) is 4.79 Å². The summed E-state index contributed by atoms with van der Waals surface area (Å²) < 4.78 is 5.16. The SMILES string of the molecule is O=C(NC1(C(=O)O)CCSC1)c1cc(-c2ccc(Cl)cc2)on1. The van der Waals surface area contributed by atoms with Gasteiger partial charge in [0, 0.05) is 22.4 Å². The summed E-state index contributed by atoms with van der Waals surface area (Å²) in [6.45, 7) is 0. The van der Waals surface area contributed by atoms with E-state index in [1.165, 1.54) is 17.8 Å². The first-order valence-corrected chi connectivity index (χ1v) is 8.40. The summed E-state index contributed by atoms with van der Waals surface area (Å²) in [7, 11) is 0. The molecule has 1 amide bonds. The molecule has 1 aliphatic heterocycles. The maximum Gasteiger partial charge on any atom is 0.330 e. The van der Waals surface area contributed by atoms with Crippen LogP contribution < -0.4 is 5.32 Å². The topological polar surface area (TPSA) is 92.4 Å². The molecule has 0 radical (unpaired) electrons. The molecule has 1 aromatic heterocycles. The Kier molecular flexibility index (Phi) is 4.32. The lowest BCUT2D eigenvalue weighted by Crippen LogP contribution is -2.54. The summed E-state index contributed by atoms with van der Waals surface area (Å²) in [5, 5.41) is 16.3. The molecule has 2 heterocycles. The van der Waals surface area contributed by atoms with Crippen molar-refractivity contribution in [1.29, 1.82) is 0 Å². The van der Waals surface area contributed by atoms with E-state index in [-0.39, 0.29) is 5.69 Å². The third kappa shape index (κ3) is 3.20. The average molecular weight is 353 g/mol. The van der Waals surface area contributed by atoms with Gasteiger partial charge in [-0.05, 0) is 36.4 Å². The molecule has 0 bridgehead atoms. The number of hydrogen-bond donors (Lipinski definition) is 2. The van der Waals surface area contributed by atoms with Gasteiger partial charge in [0.25, 0.3) is 5.91 Å². The van der Waals surface area contributed by atoms with Gasteiger partial charge in [0.1, 0.15) is 5.54 Å². The van der Waals surface area contributed by atoms with Crippen LogP contribution in [0.5, 0.6) is 0 Å². The van der Waals surface area contributed by atoms with Crippen molar-refractivity contribution >= 4 is 35.2 Å². The van der Waals surface area contributed by atoms with E-state index in [1.807, 2.05) is 0 Å². The first-order chi connectivity index (χ1) is 11.0. The Morgan fingerprint density at radius 2 is 2.09 bits per heavy atom. The first-order valence-electron chi connectivity index (χ1n) is 6.86. The number of carboxylic acid groups (broad SMARTS) is 1. The maximum absolute atomic E-state index is 12.3. The molecule has 1 aliphatic rings. The normalized spacial score (nSPS) is 20.4. The molecule has 1 unspecified atom stereocenters. The Bertz CT molecular complexity index is 738. The fraction of sp³-hybridized carbons (Fsp3) is 0.267. The summed E-state index contributed by atoms with van der Waals surface area (Å²) in [6, 6.07) is 8.38. The third-order valence-electron chi connectivity index (χ3n) is 3.66. The van der Waals surface area contributed by atoms with Crippen LogP contribution in [0.1, 0.15) is 16.9 Å². The minimum absolute atomic E-state index is 0.0486. The lowest BCUT2D eigenvalue weighted by molar-refractivity contribution is -0.143. The largest absolute Gasteiger partial charge is 0.479 e. The molecule has 120 valence electrons. The molecule has 6 nitrogen and oxygen atoms in total. The van der Waals surface area contributed by atoms with Gasteiger partial charge in [-0.2, -0.15) is 11.8 Å². The van der Waals surface area contributed by atoms with Gasteiger partial charge < -0.3 is 14.9 Å². The van der Waals surface area contributed by atoms with Crippen molar-refractivity contribution in [3.63, 3.8) is 0 Å². The molecule has 0 aliphatic carbocycles. The van der Waals surface area contributed by atoms with Crippen LogP contribution in [0.15, 0.2) is 34.9 Å². The zero-order valence-electron chi connectivity index (χ0n) is 11.9. The van der Waals surface area contributed by atoms with Crippen LogP contribution in [-0.2, 0) is 4.79 Å². The number of halogens is 1. The second kappa shape index (κ2) is 6.25. The fourth-order valence-electron chi connectivity index (χ4n) is 2.30. The van der Waals surface area contributed by atoms with E-state index in [9.17, 15) is 14.7 Å². The standard InChI is InChI=1S/C15H13ClN2O4S/c16-10-3-1-9(2-4-10)12-7-11(18-22-12)13(19)17-15(14(20)21)5-6-23-8-15/h1-4,7H,5-6,8H2,(H,17,19)(H,20,21). The van der Waals surface area contributed by atoms with Gasteiger partial charge in [0.2, 0.25) is 0 Å². The molecule has 1 aromatic carbocycles. The minimum atomic E-state index is -1.23. The Labute approximate surface area is 141 Å². The maximum atomic E-state index is 12.3. The Morgan fingerprint density at radius 1 is 1.35 bits per heavy atom. The predicted molar refractivity (Wildman–Crippen MR) is 86.7 cm³/mol. The molecule has 3 rings (SSSR count). The molecular formula is C15H13ClN2O4S. The van der Waals surface area contributed by atoms with Crippen LogP contribution in [0.2, 0.25) is 5.02 Å². The molecule has 23 heavy (non-hydrogen) atoms. The Morgan fingerprint density at radius 3 is 2.70 bits per heavy atom. The second-order valence-electron chi connectivity index (χ2n) is 5.23. The van der Waals surface area contributed by atoms with E-state index in [4.69, 9.17) is 16.1 Å². The van der Waals surface area contributed by atoms with Crippen LogP contribution in [0.25, 0.3) is 11.3 Å². The number of nitrogens with zero attached hydrogens (tertiary/aromatic N) is 1. The highest BCUT2D eigenvalue weighted by Crippen LogP contribution is 2.29. The molecule has 1 fully saturated rings. The number of nitrogens with one attached hydrogen (secondary N) is 1. The lowest BCUT2D eigenvalue weighted by atomic mass is 9.99. The molecule has 2 N–H and O–H groups in total. The van der Waals surface area contributed by atoms with Crippen LogP contribution in [0.4, 0.5) is 0 Å². The van der Waals surface area contributed by atoms with E-state index in [2.05, 4.69) is 10.5 Å². The van der Waals surface area contributed by atoms with Crippen molar-refractivity contribution in [1.82, 2.24) is 10.5 Å². The summed E-state index contributed by atoms with van der Waals surface area (Å²) in [4.78, 5) is 23.7. The number of thioether (sulfide) groups is 1. The van der Waals surface area contributed by atoms with Gasteiger partial charge in [-0.25, -0.2) is 4.79 Å². The Balaban J connectivity index is 1.78. The number of hydrogen-bond acceptors (Lipinski definition) is 5. The number of rotatable bonds is 4. The Hall–Kier alpha value is -1.99. The van der Waals surface area contributed by atoms with Crippen LogP contribution >= 0.6 is 23.4 Å². The summed E-state index contributed by atoms with van der Waals surface area (Å²) in [5.41, 5.74) is -0.459. The minimum Gasteiger partial charge on any atom is -0.479 e. The lowest BCUT2D eigenvalue weighted by Gasteiger charge is -2.23. The van der Waals surface area contributed by atoms with E-state index < -0.39 is 17.4 Å². The average Bonchev–Trinajstić information content (AvgIpc) is 3.17. The third-order valence-corrected chi connectivity index (χ3v) is 5.10. The number of carbonyl (C=O) groups is 2. The molecule has 2 aromatic rings. The number of carbonyl (C=O) groups excluding carboxylic acids is 1. The van der Waals surface area contributed by atoms with Crippen molar-refractivity contribution in [2.24, 2.45) is 0 Å². The first kappa shape index (κ1) is 15.9. The van der Waals surface area contributed by atoms with Crippen molar-refractivity contribution in [2.45, 2.75) is 12.0 Å². The number of amides is 1. The molecule has 1 atom stereocenters. The van der Waals surface area contributed by atoms with E-state index in [0.29, 0.717) is 28.7 Å². The molecule has 0 spiro atoms. The number of carboxylic acids is 1. The monoisotopic (exact) mass is 352 g/mol. The van der Waals surface area contributed by atoms with Crippen LogP contribution in [0, 0.1) is 0 Å². The molecule has 8 heteroatoms. The second-order valence-corrected chi connectivity index (χ2v) is 6.77. The number of benzene rings is 1. The zero-order valence-corrected chi connectivity index (χ0v) is 13.5. The molecule has 0 saturated carbocycles. The highest BCUT2D eigenvalue weighted by atomic mass is 35.5. The van der Waals surface area contributed by atoms with Crippen LogP contribution in [0.3, 0.4) is 0 Å². The summed E-state index contributed by atoms with van der Waals surface area (Å²) in [5.74, 6) is -0.134. The van der Waals surface area contributed by atoms with E-state index in [0.717, 1.165) is 5.56 Å². The number of aromatic nitrogens is 1. The highest BCUT2D eigenvalue weighted by Gasteiger charge is 2.43. The van der Waals surface area contributed by atoms with Crippen molar-refractivity contribution in [2.75, 3.05) is 11.5 Å². The van der Waals surface area contributed by atoms with Crippen LogP contribution in [-0.4, -0.2) is 39.2 Å². The van der Waals surface area contributed by atoms with Gasteiger partial charge in [0.15, 0.2) is 11.5 Å². The smallest absolute Gasteiger partial charge is 0.330 e. The van der Waals surface area contributed by atoms with Gasteiger partial charge in [-0.15, -0.1) is 0 Å². The number of aliphatic carboxylic acids is 1. The fourth-order valence-corrected chi connectivity index (χ4v) is 3.75. The van der Waals surface area contributed by atoms with Gasteiger partial charge in [0.05, 0.1) is 0 Å². The van der Waals surface area contributed by atoms with Gasteiger partial charge >= 0.3 is 5.97 Å². The quantitative estimate of drug-likeness (QED) is 0.878. The van der Waals surface area contributed by atoms with E-state index in [1.54, 1.807) is 24.3 Å². The molecule has 1 saturated heterocycles. The summed E-state index contributed by atoms with van der Waals surface area (Å²) in [6.07, 6.45) is 0.390. The summed E-state index contributed by atoms with van der Waals surface area (Å²) >= 11 is 7.33. The highest BCUT2D eigenvalue weighted by molar-refractivity contribution is 7.99. The molecular weight excluding hydrogens is 340 g/mol. The van der Waals surface area contributed by atoms with Crippen molar-refractivity contribution in [3.05, 3.63) is 41.0 Å². The van der Waals surface area contributed by atoms with E-state index >= 15 is 0 Å². The van der Waals surface area contributed by atoms with Crippen molar-refractivity contribution in [3.8, 4) is 11.3 Å². The van der Waals surface area contributed by atoms with Crippen molar-refractivity contribution < 1.29 is 19.2 Å².